The van der Waals surface area contributed by atoms with E-state index in [4.69, 9.17) is 14.0 Å². The number of benzene rings is 9. The smallest absolute Gasteiger partial charge is 0.489 e. The first kappa shape index (κ1) is 29.9. The molecule has 3 aliphatic heterocycles. The third-order valence-electron chi connectivity index (χ3n) is 10.9. The van der Waals surface area contributed by atoms with E-state index in [9.17, 15) is 0 Å². The molecule has 3 aliphatic rings. The Balaban J connectivity index is 1.17. The van der Waals surface area contributed by atoms with Crippen molar-refractivity contribution in [2.24, 2.45) is 0 Å². The highest BCUT2D eigenvalue weighted by atomic mass is 16.7. The summed E-state index contributed by atoms with van der Waals surface area (Å²) in [6, 6.07) is 64.6. The molecule has 0 N–H and O–H groups in total. The van der Waals surface area contributed by atoms with E-state index < -0.39 is 7.32 Å². The van der Waals surface area contributed by atoms with Gasteiger partial charge in [-0.1, -0.05) is 164 Å². The Morgan fingerprint density at radius 1 is 0.302 bits per heavy atom. The minimum Gasteiger partial charge on any atom is -0.489 e. The van der Waals surface area contributed by atoms with Gasteiger partial charge in [0.25, 0.3) is 0 Å². The first-order chi connectivity index (χ1) is 26.2. The maximum atomic E-state index is 7.00. The van der Waals surface area contributed by atoms with Crippen molar-refractivity contribution in [2.45, 2.75) is 5.92 Å². The molecule has 0 aliphatic carbocycles. The number of para-hydroxylation sites is 3. The molecule has 12 rings (SSSR count). The van der Waals surface area contributed by atoms with Gasteiger partial charge in [0.05, 0.1) is 0 Å². The molecule has 0 radical (unpaired) electrons. The van der Waals surface area contributed by atoms with Crippen molar-refractivity contribution in [3.8, 4) is 50.6 Å². The fraction of sp³-hybridized carbons (Fsp3) is 0.0204. The van der Waals surface area contributed by atoms with Gasteiger partial charge in [-0.15, -0.1) is 0 Å². The fourth-order valence-corrected chi connectivity index (χ4v) is 8.36. The van der Waals surface area contributed by atoms with E-state index >= 15 is 0 Å². The minimum atomic E-state index is -1.07. The molecule has 0 unspecified atom stereocenters. The second kappa shape index (κ2) is 11.9. The van der Waals surface area contributed by atoms with Crippen LogP contribution in [0.2, 0.25) is 0 Å². The third kappa shape index (κ3) is 4.91. The highest BCUT2D eigenvalue weighted by Gasteiger charge is 2.44. The Kier molecular flexibility index (Phi) is 6.71. The van der Waals surface area contributed by atoms with Crippen LogP contribution in [-0.4, -0.2) is 7.32 Å². The summed E-state index contributed by atoms with van der Waals surface area (Å²) in [5, 5.41) is 7.13. The van der Waals surface area contributed by atoms with Gasteiger partial charge in [0, 0.05) is 39.3 Å². The minimum absolute atomic E-state index is 0.252. The Hall–Kier alpha value is -6.78. The molecule has 0 saturated carbocycles. The highest BCUT2D eigenvalue weighted by Crippen LogP contribution is 2.54. The quantitative estimate of drug-likeness (QED) is 0.174. The van der Waals surface area contributed by atoms with E-state index in [1.165, 1.54) is 32.3 Å². The first-order valence-electron chi connectivity index (χ1n) is 18.1. The zero-order valence-electron chi connectivity index (χ0n) is 28.7. The molecule has 53 heavy (non-hydrogen) atoms. The van der Waals surface area contributed by atoms with E-state index in [1.807, 2.05) is 0 Å². The van der Waals surface area contributed by atoms with E-state index in [0.29, 0.717) is 0 Å². The van der Waals surface area contributed by atoms with E-state index in [2.05, 4.69) is 182 Å². The van der Waals surface area contributed by atoms with Crippen molar-refractivity contribution < 1.29 is 14.0 Å². The molecular weight excluding hydrogens is 647 g/mol. The van der Waals surface area contributed by atoms with Gasteiger partial charge in [0.15, 0.2) is 0 Å². The normalized spacial score (nSPS) is 13.2. The van der Waals surface area contributed by atoms with E-state index in [1.54, 1.807) is 0 Å². The van der Waals surface area contributed by atoms with Crippen LogP contribution >= 0.6 is 0 Å². The third-order valence-corrected chi connectivity index (χ3v) is 10.9. The lowest BCUT2D eigenvalue weighted by atomic mass is 9.78. The Morgan fingerprint density at radius 2 is 0.623 bits per heavy atom. The van der Waals surface area contributed by atoms with Crippen LogP contribution in [0.1, 0.15) is 22.6 Å². The van der Waals surface area contributed by atoms with Crippen molar-refractivity contribution in [3.63, 3.8) is 0 Å². The van der Waals surface area contributed by atoms with Crippen LogP contribution in [-0.2, 0) is 0 Å². The van der Waals surface area contributed by atoms with Crippen LogP contribution < -0.4 is 14.0 Å². The molecular formula is C49H31BO3. The van der Waals surface area contributed by atoms with Gasteiger partial charge in [0.2, 0.25) is 0 Å². The zero-order valence-corrected chi connectivity index (χ0v) is 28.7. The Labute approximate surface area is 307 Å². The molecule has 0 aromatic heterocycles. The van der Waals surface area contributed by atoms with Gasteiger partial charge < -0.3 is 14.0 Å². The van der Waals surface area contributed by atoms with Crippen LogP contribution in [0.25, 0.3) is 65.7 Å². The molecule has 9 aromatic rings. The van der Waals surface area contributed by atoms with Gasteiger partial charge in [-0.05, 0) is 67.2 Å². The van der Waals surface area contributed by atoms with Gasteiger partial charge in [-0.25, -0.2) is 0 Å². The van der Waals surface area contributed by atoms with Crippen molar-refractivity contribution in [1.82, 2.24) is 0 Å². The largest absolute Gasteiger partial charge is 0.864 e. The second-order valence-electron chi connectivity index (χ2n) is 13.9. The summed E-state index contributed by atoms with van der Waals surface area (Å²) in [6.45, 7) is 0. The predicted octanol–water partition coefficient (Wildman–Crippen LogP) is 12.5. The standard InChI is InChI=1S/C49H31BO3/c1-4-13-34-28-37(25-22-31(34)10-1)40-16-7-19-43-46-44-20-8-17-41(38-26-23-32-11-2-5-14-35(32)29-38)48(44)52-50(51-47(40)43)53-49-42(18-9-21-45(46)49)39-27-24-33-12-3-6-15-36(33)30-39/h1-30,46H. The van der Waals surface area contributed by atoms with Gasteiger partial charge in [0.1, 0.15) is 17.2 Å². The number of hydrogen-bond acceptors (Lipinski definition) is 3. The summed E-state index contributed by atoms with van der Waals surface area (Å²) < 4.78 is 21.0. The van der Waals surface area contributed by atoms with E-state index in [-0.39, 0.29) is 5.92 Å². The maximum Gasteiger partial charge on any atom is 0.864 e. The average molecular weight is 679 g/mol. The van der Waals surface area contributed by atoms with Crippen LogP contribution in [0, 0.1) is 0 Å². The summed E-state index contributed by atoms with van der Waals surface area (Å²) in [5.74, 6) is 2.04. The van der Waals surface area contributed by atoms with Gasteiger partial charge >= 0.3 is 7.32 Å². The molecule has 0 fully saturated rings. The van der Waals surface area contributed by atoms with Gasteiger partial charge in [-0.3, -0.25) is 0 Å². The van der Waals surface area contributed by atoms with Crippen LogP contribution in [0.3, 0.4) is 0 Å². The molecule has 9 aromatic carbocycles. The van der Waals surface area contributed by atoms with Crippen molar-refractivity contribution in [1.29, 1.82) is 0 Å². The lowest BCUT2D eigenvalue weighted by molar-refractivity contribution is 0.294. The fourth-order valence-electron chi connectivity index (χ4n) is 8.36. The van der Waals surface area contributed by atoms with Crippen LogP contribution in [0.5, 0.6) is 17.2 Å². The summed E-state index contributed by atoms with van der Waals surface area (Å²) in [5.41, 5.74) is 9.44. The monoisotopic (exact) mass is 678 g/mol. The van der Waals surface area contributed by atoms with Crippen molar-refractivity contribution >= 4 is 39.6 Å². The molecule has 248 valence electrons. The predicted molar refractivity (Wildman–Crippen MR) is 217 cm³/mol. The van der Waals surface area contributed by atoms with Crippen LogP contribution in [0.15, 0.2) is 182 Å². The molecule has 4 heteroatoms. The highest BCUT2D eigenvalue weighted by molar-refractivity contribution is 6.40. The second-order valence-corrected chi connectivity index (χ2v) is 13.9. The van der Waals surface area contributed by atoms with Crippen LogP contribution in [0.4, 0.5) is 0 Å². The maximum absolute atomic E-state index is 7.00. The Morgan fingerprint density at radius 3 is 0.962 bits per heavy atom. The van der Waals surface area contributed by atoms with Gasteiger partial charge in [-0.2, -0.15) is 0 Å². The molecule has 3 heterocycles. The number of rotatable bonds is 3. The molecule has 0 atom stereocenters. The Bertz CT molecular complexity index is 2600. The average Bonchev–Trinajstić information content (AvgIpc) is 3.20. The van der Waals surface area contributed by atoms with Crippen molar-refractivity contribution in [3.05, 3.63) is 199 Å². The zero-order chi connectivity index (χ0) is 34.9. The molecule has 0 amide bonds. The molecule has 3 nitrogen and oxygen atoms in total. The van der Waals surface area contributed by atoms with Crippen molar-refractivity contribution in [2.75, 3.05) is 0 Å². The SMILES string of the molecule is c1cc(-c2ccc3ccccc3c2)c2c(c1)C1c3cccc(-c4ccc5ccccc5c4)c3OB(O2)Oc2c(-c3ccc4ccccc4c3)cccc21. The molecule has 2 bridgehead atoms. The number of hydrogen-bond donors (Lipinski definition) is 0. The summed E-state index contributed by atoms with van der Waals surface area (Å²) in [7, 11) is -1.07. The molecule has 0 spiro atoms. The summed E-state index contributed by atoms with van der Waals surface area (Å²) in [4.78, 5) is 0. The first-order valence-corrected chi connectivity index (χ1v) is 18.1. The lowest BCUT2D eigenvalue weighted by Crippen LogP contribution is -2.41. The van der Waals surface area contributed by atoms with E-state index in [0.717, 1.165) is 67.3 Å². The topological polar surface area (TPSA) is 27.7 Å². The summed E-state index contributed by atoms with van der Waals surface area (Å²) in [6.07, 6.45) is 0. The lowest BCUT2D eigenvalue weighted by Gasteiger charge is -2.35. The summed E-state index contributed by atoms with van der Waals surface area (Å²) >= 11 is 0. The molecule has 0 saturated heterocycles. The number of fused-ring (bicyclic) bond motifs is 3.